The van der Waals surface area contributed by atoms with Gasteiger partial charge in [0, 0.05) is 17.5 Å². The summed E-state index contributed by atoms with van der Waals surface area (Å²) in [6, 6.07) is 12.4. The highest BCUT2D eigenvalue weighted by molar-refractivity contribution is 7.99. The monoisotopic (exact) mass is 348 g/mol. The summed E-state index contributed by atoms with van der Waals surface area (Å²) in [5.74, 6) is 0.501. The zero-order chi connectivity index (χ0) is 16.8. The second-order valence-electron chi connectivity index (χ2n) is 4.76. The summed E-state index contributed by atoms with van der Waals surface area (Å²) in [7, 11) is 0. The maximum absolute atomic E-state index is 12.4. The molecule has 23 heavy (non-hydrogen) atoms. The van der Waals surface area contributed by atoms with Crippen molar-refractivity contribution in [3.8, 4) is 0 Å². The van der Waals surface area contributed by atoms with Gasteiger partial charge in [-0.2, -0.15) is 0 Å². The minimum absolute atomic E-state index is 0.190. The fraction of sp³-hybridized carbons (Fsp3) is 0.176. The van der Waals surface area contributed by atoms with Crippen LogP contribution in [0.25, 0.3) is 0 Å². The summed E-state index contributed by atoms with van der Waals surface area (Å²) in [6.45, 7) is 3.45. The Kier molecular flexibility index (Phi) is 6.07. The Morgan fingerprint density at radius 2 is 1.87 bits per heavy atom. The number of anilines is 2. The largest absolute Gasteiger partial charge is 0.325 e. The lowest BCUT2D eigenvalue weighted by atomic mass is 10.2. The molecule has 120 valence electrons. The number of halogens is 1. The van der Waals surface area contributed by atoms with Crippen LogP contribution in [0.15, 0.2) is 47.4 Å². The van der Waals surface area contributed by atoms with Crippen molar-refractivity contribution in [2.75, 3.05) is 16.4 Å². The molecule has 2 rings (SSSR count). The van der Waals surface area contributed by atoms with Crippen molar-refractivity contribution in [3.63, 3.8) is 0 Å². The zero-order valence-corrected chi connectivity index (χ0v) is 14.4. The number of amides is 2. The minimum atomic E-state index is -0.200. The smallest absolute Gasteiger partial charge is 0.256 e. The van der Waals surface area contributed by atoms with Gasteiger partial charge in [-0.25, -0.2) is 0 Å². The van der Waals surface area contributed by atoms with E-state index in [1.165, 1.54) is 6.92 Å². The van der Waals surface area contributed by atoms with E-state index in [1.54, 1.807) is 36.0 Å². The van der Waals surface area contributed by atoms with Gasteiger partial charge >= 0.3 is 0 Å². The van der Waals surface area contributed by atoms with E-state index in [-0.39, 0.29) is 11.8 Å². The van der Waals surface area contributed by atoms with Crippen LogP contribution in [0.2, 0.25) is 5.02 Å². The van der Waals surface area contributed by atoms with E-state index < -0.39 is 0 Å². The molecule has 0 heterocycles. The molecule has 0 saturated heterocycles. The van der Waals surface area contributed by atoms with E-state index in [9.17, 15) is 9.59 Å². The number of benzene rings is 2. The van der Waals surface area contributed by atoms with E-state index in [4.69, 9.17) is 11.6 Å². The summed E-state index contributed by atoms with van der Waals surface area (Å²) in [5, 5.41) is 5.82. The van der Waals surface area contributed by atoms with Crippen molar-refractivity contribution in [1.82, 2.24) is 0 Å². The van der Waals surface area contributed by atoms with Crippen LogP contribution in [0.4, 0.5) is 11.4 Å². The molecule has 0 atom stereocenters. The third kappa shape index (κ3) is 4.74. The standard InChI is InChI=1S/C17H17ClN2O2S/c1-3-23-16-7-5-4-6-13(16)17(22)20-12-8-9-15(14(18)10-12)19-11(2)21/h4-10H,3H2,1-2H3,(H,19,21)(H,20,22). The van der Waals surface area contributed by atoms with Crippen molar-refractivity contribution < 1.29 is 9.59 Å². The van der Waals surface area contributed by atoms with Gasteiger partial charge in [0.25, 0.3) is 5.91 Å². The zero-order valence-electron chi connectivity index (χ0n) is 12.9. The first-order valence-corrected chi connectivity index (χ1v) is 8.48. The normalized spacial score (nSPS) is 10.2. The molecule has 2 N–H and O–H groups in total. The van der Waals surface area contributed by atoms with Crippen LogP contribution in [-0.4, -0.2) is 17.6 Å². The number of nitrogens with one attached hydrogen (secondary N) is 2. The molecule has 2 amide bonds. The van der Waals surface area contributed by atoms with E-state index in [0.717, 1.165) is 10.6 Å². The number of rotatable bonds is 5. The first-order chi connectivity index (χ1) is 11.0. The third-order valence-electron chi connectivity index (χ3n) is 2.97. The molecule has 0 spiro atoms. The van der Waals surface area contributed by atoms with Crippen LogP contribution in [0, 0.1) is 0 Å². The molecule has 0 aliphatic rings. The maximum atomic E-state index is 12.4. The molecule has 0 saturated carbocycles. The molecule has 6 heteroatoms. The Morgan fingerprint density at radius 3 is 2.52 bits per heavy atom. The molecule has 2 aromatic rings. The van der Waals surface area contributed by atoms with Crippen molar-refractivity contribution >= 4 is 46.6 Å². The van der Waals surface area contributed by atoms with Crippen molar-refractivity contribution in [2.24, 2.45) is 0 Å². The fourth-order valence-electron chi connectivity index (χ4n) is 2.02. The van der Waals surface area contributed by atoms with Gasteiger partial charge in [0.1, 0.15) is 0 Å². The molecule has 0 unspecified atom stereocenters. The Labute approximate surface area is 144 Å². The van der Waals surface area contributed by atoms with Gasteiger partial charge in [-0.3, -0.25) is 9.59 Å². The molecule has 0 aromatic heterocycles. The van der Waals surface area contributed by atoms with E-state index >= 15 is 0 Å². The molecular formula is C17H17ClN2O2S. The van der Waals surface area contributed by atoms with E-state index in [2.05, 4.69) is 10.6 Å². The van der Waals surface area contributed by atoms with Gasteiger partial charge < -0.3 is 10.6 Å². The SMILES string of the molecule is CCSc1ccccc1C(=O)Nc1ccc(NC(C)=O)c(Cl)c1. The Morgan fingerprint density at radius 1 is 1.13 bits per heavy atom. The topological polar surface area (TPSA) is 58.2 Å². The average molecular weight is 349 g/mol. The van der Waals surface area contributed by atoms with Gasteiger partial charge in [-0.05, 0) is 36.1 Å². The molecule has 2 aromatic carbocycles. The van der Waals surface area contributed by atoms with E-state index in [1.807, 2.05) is 25.1 Å². The molecular weight excluding hydrogens is 332 g/mol. The van der Waals surface area contributed by atoms with Gasteiger partial charge in [-0.1, -0.05) is 30.7 Å². The van der Waals surface area contributed by atoms with Crippen LogP contribution in [0.1, 0.15) is 24.2 Å². The highest BCUT2D eigenvalue weighted by Crippen LogP contribution is 2.27. The molecule has 0 aliphatic heterocycles. The second kappa shape index (κ2) is 8.04. The predicted molar refractivity (Wildman–Crippen MR) is 96.5 cm³/mol. The molecule has 0 bridgehead atoms. The predicted octanol–water partition coefficient (Wildman–Crippen LogP) is 4.66. The number of hydrogen-bond acceptors (Lipinski definition) is 3. The van der Waals surface area contributed by atoms with Crippen molar-refractivity contribution in [2.45, 2.75) is 18.7 Å². The lowest BCUT2D eigenvalue weighted by Crippen LogP contribution is -2.13. The fourth-order valence-corrected chi connectivity index (χ4v) is 3.05. The van der Waals surface area contributed by atoms with Crippen LogP contribution < -0.4 is 10.6 Å². The highest BCUT2D eigenvalue weighted by atomic mass is 35.5. The third-order valence-corrected chi connectivity index (χ3v) is 4.24. The van der Waals surface area contributed by atoms with Gasteiger partial charge in [0.05, 0.1) is 16.3 Å². The summed E-state index contributed by atoms with van der Waals surface area (Å²) in [4.78, 5) is 24.5. The summed E-state index contributed by atoms with van der Waals surface area (Å²) >= 11 is 7.73. The molecule has 4 nitrogen and oxygen atoms in total. The Hall–Kier alpha value is -1.98. The van der Waals surface area contributed by atoms with Crippen molar-refractivity contribution in [3.05, 3.63) is 53.1 Å². The minimum Gasteiger partial charge on any atom is -0.325 e. The summed E-state index contributed by atoms with van der Waals surface area (Å²) < 4.78 is 0. The lowest BCUT2D eigenvalue weighted by molar-refractivity contribution is -0.114. The lowest BCUT2D eigenvalue weighted by Gasteiger charge is -2.11. The number of thioether (sulfide) groups is 1. The number of carbonyl (C=O) groups is 2. The van der Waals surface area contributed by atoms with Gasteiger partial charge in [0.2, 0.25) is 5.91 Å². The highest BCUT2D eigenvalue weighted by Gasteiger charge is 2.12. The second-order valence-corrected chi connectivity index (χ2v) is 6.47. The number of carbonyl (C=O) groups excluding carboxylic acids is 2. The Balaban J connectivity index is 2.17. The van der Waals surface area contributed by atoms with Crippen LogP contribution >= 0.6 is 23.4 Å². The van der Waals surface area contributed by atoms with Crippen LogP contribution in [0.5, 0.6) is 0 Å². The number of hydrogen-bond donors (Lipinski definition) is 2. The summed E-state index contributed by atoms with van der Waals surface area (Å²) in [5.41, 5.74) is 1.71. The average Bonchev–Trinajstić information content (AvgIpc) is 2.50. The molecule has 0 fully saturated rings. The molecule has 0 aliphatic carbocycles. The quantitative estimate of drug-likeness (QED) is 0.772. The van der Waals surface area contributed by atoms with Crippen LogP contribution in [-0.2, 0) is 4.79 Å². The van der Waals surface area contributed by atoms with Gasteiger partial charge in [0.15, 0.2) is 0 Å². The Bertz CT molecular complexity index is 734. The summed E-state index contributed by atoms with van der Waals surface area (Å²) in [6.07, 6.45) is 0. The van der Waals surface area contributed by atoms with Gasteiger partial charge in [-0.15, -0.1) is 11.8 Å². The van der Waals surface area contributed by atoms with E-state index in [0.29, 0.717) is 22.0 Å². The first kappa shape index (κ1) is 17.4. The molecule has 0 radical (unpaired) electrons. The van der Waals surface area contributed by atoms with Crippen LogP contribution in [0.3, 0.4) is 0 Å². The van der Waals surface area contributed by atoms with Crippen molar-refractivity contribution in [1.29, 1.82) is 0 Å². The maximum Gasteiger partial charge on any atom is 0.256 e. The first-order valence-electron chi connectivity index (χ1n) is 7.11.